The first-order valence-electron chi connectivity index (χ1n) is 18.4. The highest BCUT2D eigenvalue weighted by atomic mass is 79.9. The van der Waals surface area contributed by atoms with Crippen LogP contribution in [0.3, 0.4) is 0 Å². The van der Waals surface area contributed by atoms with Crippen molar-refractivity contribution in [2.75, 3.05) is 23.9 Å². The second-order valence-corrected chi connectivity index (χ2v) is 13.9. The summed E-state index contributed by atoms with van der Waals surface area (Å²) in [6, 6.07) is 9.80. The fraction of sp³-hybridized carbons (Fsp3) is 0.718. The maximum absolute atomic E-state index is 13.7. The summed E-state index contributed by atoms with van der Waals surface area (Å²) in [6.07, 6.45) is 24.4. The molecular formula is C39H61Br2NO4. The Morgan fingerprint density at radius 3 is 1.54 bits per heavy atom. The molecule has 1 aromatic rings. The lowest BCUT2D eigenvalue weighted by molar-refractivity contribution is -0.147. The van der Waals surface area contributed by atoms with Gasteiger partial charge in [-0.2, -0.15) is 0 Å². The number of esters is 2. The fourth-order valence-corrected chi connectivity index (χ4v) is 7.18. The van der Waals surface area contributed by atoms with Gasteiger partial charge in [-0.1, -0.05) is 192 Å². The number of rotatable bonds is 27. The van der Waals surface area contributed by atoms with Crippen LogP contribution in [0.5, 0.6) is 0 Å². The highest BCUT2D eigenvalue weighted by molar-refractivity contribution is 9.09. The quantitative estimate of drug-likeness (QED) is 0.0508. The lowest BCUT2D eigenvalue weighted by Crippen LogP contribution is -2.39. The summed E-state index contributed by atoms with van der Waals surface area (Å²) in [6.45, 7) is 5.26. The van der Waals surface area contributed by atoms with Gasteiger partial charge in [0.15, 0.2) is 0 Å². The number of ether oxygens (including phenoxy) is 2. The van der Waals surface area contributed by atoms with Gasteiger partial charge < -0.3 is 9.47 Å². The first-order valence-corrected chi connectivity index (χ1v) is 20.6. The van der Waals surface area contributed by atoms with Crippen molar-refractivity contribution >= 4 is 49.5 Å². The molecule has 0 amide bonds. The summed E-state index contributed by atoms with van der Waals surface area (Å²) >= 11 is 7.13. The van der Waals surface area contributed by atoms with Crippen LogP contribution in [0.15, 0.2) is 46.6 Å². The minimum absolute atomic E-state index is 0.323. The SMILES string of the molecule is CCCCCCCCCCCCOC(=O)C1=C(CBr)N=C(CBr)C(C(=O)OCCCCCCCCCCCC)C1c1ccccc1. The molecule has 2 unspecified atom stereocenters. The first kappa shape index (κ1) is 40.7. The van der Waals surface area contributed by atoms with Crippen molar-refractivity contribution in [3.63, 3.8) is 0 Å². The smallest absolute Gasteiger partial charge is 0.336 e. The van der Waals surface area contributed by atoms with E-state index in [2.05, 4.69) is 45.7 Å². The van der Waals surface area contributed by atoms with Gasteiger partial charge >= 0.3 is 11.9 Å². The van der Waals surface area contributed by atoms with Crippen LogP contribution in [-0.2, 0) is 19.1 Å². The number of hydrogen-bond donors (Lipinski definition) is 0. The van der Waals surface area contributed by atoms with E-state index in [0.717, 1.165) is 31.2 Å². The summed E-state index contributed by atoms with van der Waals surface area (Å²) in [4.78, 5) is 32.2. The summed E-state index contributed by atoms with van der Waals surface area (Å²) in [5, 5.41) is 0.821. The Balaban J connectivity index is 1.96. The predicted molar refractivity (Wildman–Crippen MR) is 200 cm³/mol. The highest BCUT2D eigenvalue weighted by Gasteiger charge is 2.44. The summed E-state index contributed by atoms with van der Waals surface area (Å²) in [7, 11) is 0. The fourth-order valence-electron chi connectivity index (χ4n) is 6.28. The number of nitrogens with zero attached hydrogens (tertiary/aromatic N) is 1. The minimum Gasteiger partial charge on any atom is -0.465 e. The van der Waals surface area contributed by atoms with Crippen molar-refractivity contribution in [3.05, 3.63) is 47.2 Å². The third-order valence-electron chi connectivity index (χ3n) is 8.96. The number of alkyl halides is 2. The Labute approximate surface area is 297 Å². The molecule has 260 valence electrons. The Morgan fingerprint density at radius 1 is 0.630 bits per heavy atom. The minimum atomic E-state index is -0.687. The Morgan fingerprint density at radius 2 is 1.09 bits per heavy atom. The van der Waals surface area contributed by atoms with Crippen LogP contribution < -0.4 is 0 Å². The van der Waals surface area contributed by atoms with Gasteiger partial charge in [0.25, 0.3) is 0 Å². The molecule has 1 aliphatic heterocycles. The number of aliphatic imine (C=N–C) groups is 1. The van der Waals surface area contributed by atoms with E-state index < -0.39 is 11.8 Å². The highest BCUT2D eigenvalue weighted by Crippen LogP contribution is 2.41. The summed E-state index contributed by atoms with van der Waals surface area (Å²) in [5.74, 6) is -1.91. The summed E-state index contributed by atoms with van der Waals surface area (Å²) in [5.41, 5.74) is 2.65. The Hall–Kier alpha value is -1.47. The molecule has 1 aliphatic rings. The zero-order valence-electron chi connectivity index (χ0n) is 28.8. The van der Waals surface area contributed by atoms with E-state index in [9.17, 15) is 9.59 Å². The van der Waals surface area contributed by atoms with Crippen LogP contribution in [0.4, 0.5) is 0 Å². The molecular weight excluding hydrogens is 706 g/mol. The molecule has 7 heteroatoms. The summed E-state index contributed by atoms with van der Waals surface area (Å²) < 4.78 is 11.7. The van der Waals surface area contributed by atoms with Crippen molar-refractivity contribution < 1.29 is 19.1 Å². The van der Waals surface area contributed by atoms with Gasteiger partial charge in [-0.15, -0.1) is 0 Å². The molecule has 5 nitrogen and oxygen atoms in total. The maximum Gasteiger partial charge on any atom is 0.336 e. The van der Waals surface area contributed by atoms with E-state index in [-0.39, 0.29) is 11.9 Å². The van der Waals surface area contributed by atoms with Crippen molar-refractivity contribution in [2.45, 2.75) is 148 Å². The maximum atomic E-state index is 13.7. The van der Waals surface area contributed by atoms with E-state index in [1.807, 2.05) is 30.3 Å². The number of allylic oxidation sites excluding steroid dienone is 1. The molecule has 1 heterocycles. The van der Waals surface area contributed by atoms with E-state index in [0.29, 0.717) is 40.9 Å². The Kier molecular flexibility index (Phi) is 23.4. The van der Waals surface area contributed by atoms with E-state index >= 15 is 0 Å². The van der Waals surface area contributed by atoms with Gasteiger partial charge in [0.1, 0.15) is 5.92 Å². The first-order chi connectivity index (χ1) is 22.6. The molecule has 1 aromatic carbocycles. The van der Waals surface area contributed by atoms with Gasteiger partial charge in [-0.25, -0.2) is 4.79 Å². The Bertz CT molecular complexity index is 1030. The van der Waals surface area contributed by atoms with Crippen LogP contribution in [0.25, 0.3) is 0 Å². The zero-order chi connectivity index (χ0) is 33.2. The van der Waals surface area contributed by atoms with Crippen LogP contribution in [0, 0.1) is 5.92 Å². The van der Waals surface area contributed by atoms with Crippen LogP contribution >= 0.6 is 31.9 Å². The lowest BCUT2D eigenvalue weighted by atomic mass is 9.75. The molecule has 0 bridgehead atoms. The number of halogens is 2. The molecule has 0 spiro atoms. The second kappa shape index (κ2) is 26.5. The van der Waals surface area contributed by atoms with Gasteiger partial charge in [-0.3, -0.25) is 9.79 Å². The number of hydrogen-bond acceptors (Lipinski definition) is 5. The molecule has 0 aliphatic carbocycles. The molecule has 0 radical (unpaired) electrons. The second-order valence-electron chi connectivity index (χ2n) is 12.8. The van der Waals surface area contributed by atoms with Gasteiger partial charge in [0, 0.05) is 22.3 Å². The van der Waals surface area contributed by atoms with Crippen molar-refractivity contribution in [1.29, 1.82) is 0 Å². The number of carbonyl (C=O) groups excluding carboxylic acids is 2. The normalized spacial score (nSPS) is 16.4. The van der Waals surface area contributed by atoms with Crippen molar-refractivity contribution in [1.82, 2.24) is 0 Å². The average molecular weight is 768 g/mol. The van der Waals surface area contributed by atoms with E-state index in [4.69, 9.17) is 14.5 Å². The molecule has 0 fully saturated rings. The number of carbonyl (C=O) groups is 2. The molecule has 0 N–H and O–H groups in total. The molecule has 46 heavy (non-hydrogen) atoms. The number of benzene rings is 1. The van der Waals surface area contributed by atoms with E-state index in [1.165, 1.54) is 103 Å². The average Bonchev–Trinajstić information content (AvgIpc) is 3.08. The third-order valence-corrected chi connectivity index (χ3v) is 10.1. The van der Waals surface area contributed by atoms with Gasteiger partial charge in [0.2, 0.25) is 0 Å². The molecule has 2 atom stereocenters. The van der Waals surface area contributed by atoms with Crippen LogP contribution in [-0.4, -0.2) is 41.5 Å². The van der Waals surface area contributed by atoms with Crippen molar-refractivity contribution in [2.24, 2.45) is 10.9 Å². The molecule has 2 rings (SSSR count). The molecule has 0 aromatic heterocycles. The lowest BCUT2D eigenvalue weighted by Gasteiger charge is -2.32. The van der Waals surface area contributed by atoms with Gasteiger partial charge in [-0.05, 0) is 18.4 Å². The largest absolute Gasteiger partial charge is 0.465 e. The van der Waals surface area contributed by atoms with E-state index in [1.54, 1.807) is 0 Å². The third kappa shape index (κ3) is 15.6. The monoisotopic (exact) mass is 765 g/mol. The van der Waals surface area contributed by atoms with Crippen LogP contribution in [0.1, 0.15) is 154 Å². The standard InChI is InChI=1S/C39H61Br2NO4/c1-3-5-7-9-11-13-15-17-19-24-28-45-38(43)36-33(30-40)42-34(31-41)37(35(36)32-26-22-21-23-27-32)39(44)46-29-25-20-18-16-14-12-10-8-6-4-2/h21-23,26-27,35-36H,3-20,24-25,28-31H2,1-2H3. The topological polar surface area (TPSA) is 65.0 Å². The molecule has 0 saturated carbocycles. The van der Waals surface area contributed by atoms with Gasteiger partial charge in [0.05, 0.1) is 24.5 Å². The number of unbranched alkanes of at least 4 members (excludes halogenated alkanes) is 18. The zero-order valence-corrected chi connectivity index (χ0v) is 32.0. The van der Waals surface area contributed by atoms with Crippen molar-refractivity contribution in [3.8, 4) is 0 Å². The predicted octanol–water partition coefficient (Wildman–Crippen LogP) is 11.8. The van der Waals surface area contributed by atoms with Crippen LogP contribution in [0.2, 0.25) is 0 Å². The molecule has 0 saturated heterocycles.